The molecule has 0 saturated heterocycles. The molecule has 0 radical (unpaired) electrons. The zero-order valence-electron chi connectivity index (χ0n) is 18.3. The lowest BCUT2D eigenvalue weighted by atomic mass is 10.0. The third-order valence-electron chi connectivity index (χ3n) is 5.58. The molecule has 1 aliphatic heterocycles. The average molecular weight is 504 g/mol. The van der Waals surface area contributed by atoms with E-state index in [1.807, 2.05) is 0 Å². The number of amides is 2. The molecule has 2 heterocycles. The Morgan fingerprint density at radius 3 is 2.54 bits per heavy atom. The third kappa shape index (κ3) is 4.85. The summed E-state index contributed by atoms with van der Waals surface area (Å²) in [7, 11) is 1.45. The van der Waals surface area contributed by atoms with E-state index in [0.717, 1.165) is 23.5 Å². The third-order valence-corrected chi connectivity index (χ3v) is 6.71. The highest BCUT2D eigenvalue weighted by Gasteiger charge is 2.37. The number of alkyl halides is 3. The van der Waals surface area contributed by atoms with Crippen molar-refractivity contribution in [3.05, 3.63) is 81.2 Å². The maximum Gasteiger partial charge on any atom is 0.417 e. The number of rotatable bonds is 5. The van der Waals surface area contributed by atoms with E-state index in [2.05, 4.69) is 5.32 Å². The first-order chi connectivity index (χ1) is 16.6. The Hall–Kier alpha value is -3.86. The number of nitrogens with zero attached hydrogens (tertiary/aromatic N) is 1. The molecule has 0 spiro atoms. The zero-order valence-corrected chi connectivity index (χ0v) is 19.1. The van der Waals surface area contributed by atoms with E-state index in [0.29, 0.717) is 16.2 Å². The number of anilines is 1. The number of aromatic carboxylic acids is 1. The second-order valence-electron chi connectivity index (χ2n) is 7.72. The van der Waals surface area contributed by atoms with Crippen LogP contribution in [0, 0.1) is 0 Å². The second kappa shape index (κ2) is 9.41. The maximum atomic E-state index is 13.4. The van der Waals surface area contributed by atoms with Gasteiger partial charge in [-0.25, -0.2) is 4.79 Å². The minimum atomic E-state index is -4.69. The highest BCUT2D eigenvalue weighted by Crippen LogP contribution is 2.39. The molecule has 1 aromatic heterocycles. The van der Waals surface area contributed by atoms with Gasteiger partial charge in [-0.3, -0.25) is 9.59 Å². The van der Waals surface area contributed by atoms with Crippen molar-refractivity contribution < 1.29 is 37.4 Å². The number of halogens is 3. The Labute approximate surface area is 201 Å². The van der Waals surface area contributed by atoms with Crippen LogP contribution in [0.2, 0.25) is 0 Å². The molecule has 3 aromatic rings. The van der Waals surface area contributed by atoms with Crippen molar-refractivity contribution in [1.82, 2.24) is 4.90 Å². The summed E-state index contributed by atoms with van der Waals surface area (Å²) < 4.78 is 45.3. The first-order valence-corrected chi connectivity index (χ1v) is 11.2. The first-order valence-electron chi connectivity index (χ1n) is 10.4. The number of carbonyl (C=O) groups excluding carboxylic acids is 2. The lowest BCUT2D eigenvalue weighted by Gasteiger charge is -2.28. The molecular formula is C24H19F3N2O5S. The summed E-state index contributed by atoms with van der Waals surface area (Å²) in [6.07, 6.45) is -4.56. The fourth-order valence-electron chi connectivity index (χ4n) is 3.92. The summed E-state index contributed by atoms with van der Waals surface area (Å²) in [5.41, 5.74) is -0.863. The van der Waals surface area contributed by atoms with Gasteiger partial charge >= 0.3 is 12.1 Å². The van der Waals surface area contributed by atoms with Crippen molar-refractivity contribution in [1.29, 1.82) is 0 Å². The van der Waals surface area contributed by atoms with E-state index in [1.54, 1.807) is 18.2 Å². The largest absolute Gasteiger partial charge is 0.497 e. The van der Waals surface area contributed by atoms with E-state index in [4.69, 9.17) is 4.74 Å². The van der Waals surface area contributed by atoms with Gasteiger partial charge in [-0.15, -0.1) is 11.3 Å². The van der Waals surface area contributed by atoms with Crippen molar-refractivity contribution in [3.63, 3.8) is 0 Å². The smallest absolute Gasteiger partial charge is 0.417 e. The van der Waals surface area contributed by atoms with Crippen molar-refractivity contribution in [2.24, 2.45) is 0 Å². The Bertz CT molecular complexity index is 1320. The number of benzene rings is 2. The molecular weight excluding hydrogens is 485 g/mol. The molecule has 0 bridgehead atoms. The number of thiophene rings is 1. The van der Waals surface area contributed by atoms with Gasteiger partial charge in [0.2, 0.25) is 0 Å². The van der Waals surface area contributed by atoms with Crippen molar-refractivity contribution >= 4 is 34.1 Å². The highest BCUT2D eigenvalue weighted by atomic mass is 32.1. The molecule has 35 heavy (non-hydrogen) atoms. The monoisotopic (exact) mass is 504 g/mol. The SMILES string of the molecule is COc1cccc(C(=O)Nc2sc3c(c2C(=O)O)CCN(C(=O)c2ccccc2C(F)(F)F)C3)c1. The Balaban J connectivity index is 1.62. The molecule has 0 aliphatic carbocycles. The standard InChI is InChI=1S/C24H19F3N2O5S/c1-34-14-6-4-5-13(11-14)20(30)28-21-19(23(32)33)16-9-10-29(12-18(16)35-21)22(31)15-7-2-3-8-17(15)24(25,26)27/h2-8,11H,9-10,12H2,1H3,(H,28,30)(H,32,33). The van der Waals surface area contributed by atoms with Crippen LogP contribution in [0.3, 0.4) is 0 Å². The van der Waals surface area contributed by atoms with Crippen molar-refractivity contribution in [2.75, 3.05) is 19.0 Å². The summed E-state index contributed by atoms with van der Waals surface area (Å²) in [5.74, 6) is -2.13. The second-order valence-corrected chi connectivity index (χ2v) is 8.82. The topological polar surface area (TPSA) is 95.9 Å². The van der Waals surface area contributed by atoms with Gasteiger partial charge < -0.3 is 20.1 Å². The van der Waals surface area contributed by atoms with E-state index in [1.165, 1.54) is 30.2 Å². The van der Waals surface area contributed by atoms with Gasteiger partial charge in [0.25, 0.3) is 11.8 Å². The fourth-order valence-corrected chi connectivity index (χ4v) is 5.17. The molecule has 11 heteroatoms. The minimum Gasteiger partial charge on any atom is -0.497 e. The molecule has 4 rings (SSSR count). The number of ether oxygens (including phenoxy) is 1. The van der Waals surface area contributed by atoms with Gasteiger partial charge in [-0.2, -0.15) is 13.2 Å². The molecule has 0 saturated carbocycles. The van der Waals surface area contributed by atoms with Crippen LogP contribution in [0.4, 0.5) is 18.2 Å². The van der Waals surface area contributed by atoms with E-state index < -0.39 is 35.1 Å². The van der Waals surface area contributed by atoms with Gasteiger partial charge in [-0.1, -0.05) is 18.2 Å². The van der Waals surface area contributed by atoms with Gasteiger partial charge in [0.15, 0.2) is 0 Å². The molecule has 7 nitrogen and oxygen atoms in total. The molecule has 0 unspecified atom stereocenters. The van der Waals surface area contributed by atoms with E-state index >= 15 is 0 Å². The van der Waals surface area contributed by atoms with Crippen LogP contribution in [-0.2, 0) is 19.1 Å². The number of hydrogen-bond donors (Lipinski definition) is 2. The predicted octanol–water partition coefficient (Wildman–Crippen LogP) is 4.92. The summed E-state index contributed by atoms with van der Waals surface area (Å²) in [5, 5.41) is 12.5. The summed E-state index contributed by atoms with van der Waals surface area (Å²) >= 11 is 0.989. The number of carboxylic acid groups (broad SMARTS) is 1. The number of hydrogen-bond acceptors (Lipinski definition) is 5. The van der Waals surface area contributed by atoms with Gasteiger partial charge in [0.05, 0.1) is 30.3 Å². The Morgan fingerprint density at radius 2 is 1.86 bits per heavy atom. The quantitative estimate of drug-likeness (QED) is 0.514. The number of carbonyl (C=O) groups is 3. The van der Waals surface area contributed by atoms with Gasteiger partial charge in [-0.05, 0) is 42.3 Å². The molecule has 2 N–H and O–H groups in total. The van der Waals surface area contributed by atoms with Crippen molar-refractivity contribution in [2.45, 2.75) is 19.1 Å². The number of fused-ring (bicyclic) bond motifs is 1. The van der Waals surface area contributed by atoms with Crippen LogP contribution in [0.5, 0.6) is 5.75 Å². The molecule has 2 aromatic carbocycles. The predicted molar refractivity (Wildman–Crippen MR) is 122 cm³/mol. The number of carboxylic acids is 1. The minimum absolute atomic E-state index is 0.0400. The first kappa shape index (κ1) is 24.3. The molecule has 182 valence electrons. The van der Waals surface area contributed by atoms with Crippen LogP contribution < -0.4 is 10.1 Å². The van der Waals surface area contributed by atoms with Crippen LogP contribution in [0.1, 0.15) is 47.1 Å². The van der Waals surface area contributed by atoms with Gasteiger partial charge in [0, 0.05) is 17.0 Å². The molecule has 1 aliphatic rings. The maximum absolute atomic E-state index is 13.4. The van der Waals surface area contributed by atoms with Crippen LogP contribution in [0.25, 0.3) is 0 Å². The van der Waals surface area contributed by atoms with Crippen LogP contribution in [-0.4, -0.2) is 41.4 Å². The Morgan fingerprint density at radius 1 is 1.11 bits per heavy atom. The lowest BCUT2D eigenvalue weighted by Crippen LogP contribution is -2.36. The van der Waals surface area contributed by atoms with Gasteiger partial charge in [0.1, 0.15) is 10.8 Å². The number of nitrogens with one attached hydrogen (secondary N) is 1. The molecule has 0 fully saturated rings. The summed E-state index contributed by atoms with van der Waals surface area (Å²) in [4.78, 5) is 39.4. The van der Waals surface area contributed by atoms with E-state index in [-0.39, 0.29) is 35.6 Å². The van der Waals surface area contributed by atoms with E-state index in [9.17, 15) is 32.7 Å². The lowest BCUT2D eigenvalue weighted by molar-refractivity contribution is -0.138. The fraction of sp³-hybridized carbons (Fsp3) is 0.208. The Kier molecular flexibility index (Phi) is 6.53. The zero-order chi connectivity index (χ0) is 25.3. The van der Waals surface area contributed by atoms with Crippen molar-refractivity contribution in [3.8, 4) is 5.75 Å². The number of methoxy groups -OCH3 is 1. The average Bonchev–Trinajstić information content (AvgIpc) is 3.20. The molecule has 0 atom stereocenters. The summed E-state index contributed by atoms with van der Waals surface area (Å²) in [6.45, 7) is -0.0291. The normalized spacial score (nSPS) is 13.2. The highest BCUT2D eigenvalue weighted by molar-refractivity contribution is 7.17. The van der Waals surface area contributed by atoms with Crippen LogP contribution in [0.15, 0.2) is 48.5 Å². The molecule has 2 amide bonds. The summed E-state index contributed by atoms with van der Waals surface area (Å²) in [6, 6.07) is 10.9. The van der Waals surface area contributed by atoms with Crippen LogP contribution >= 0.6 is 11.3 Å².